The topological polar surface area (TPSA) is 43.8 Å². The molecule has 0 aliphatic carbocycles. The molecular formula is C12H10BrN3. The molecule has 0 bridgehead atoms. The Hall–Kier alpha value is -1.55. The number of anilines is 1. The van der Waals surface area contributed by atoms with Gasteiger partial charge in [-0.05, 0) is 24.3 Å². The monoisotopic (exact) mass is 275 g/mol. The van der Waals surface area contributed by atoms with E-state index in [4.69, 9.17) is 5.73 Å². The lowest BCUT2D eigenvalue weighted by molar-refractivity contribution is 1.01. The first-order valence-electron chi connectivity index (χ1n) is 4.96. The van der Waals surface area contributed by atoms with Gasteiger partial charge < -0.3 is 10.3 Å². The third-order valence-electron chi connectivity index (χ3n) is 2.90. The first kappa shape index (κ1) is 9.66. The van der Waals surface area contributed by atoms with Crippen LogP contribution in [0.4, 0.5) is 5.82 Å². The van der Waals surface area contributed by atoms with E-state index in [1.165, 1.54) is 5.39 Å². The summed E-state index contributed by atoms with van der Waals surface area (Å²) in [6, 6.07) is 8.22. The molecule has 0 fully saturated rings. The van der Waals surface area contributed by atoms with E-state index < -0.39 is 0 Å². The van der Waals surface area contributed by atoms with Crippen molar-refractivity contribution in [1.29, 1.82) is 0 Å². The normalized spacial score (nSPS) is 11.4. The molecule has 16 heavy (non-hydrogen) atoms. The lowest BCUT2D eigenvalue weighted by atomic mass is 10.2. The summed E-state index contributed by atoms with van der Waals surface area (Å²) in [5, 5.41) is 2.34. The van der Waals surface area contributed by atoms with Crippen molar-refractivity contribution in [2.24, 2.45) is 7.05 Å². The van der Waals surface area contributed by atoms with Crippen LogP contribution in [0, 0.1) is 0 Å². The highest BCUT2D eigenvalue weighted by Crippen LogP contribution is 2.31. The van der Waals surface area contributed by atoms with Crippen LogP contribution in [0.3, 0.4) is 0 Å². The van der Waals surface area contributed by atoms with Crippen LogP contribution in [-0.2, 0) is 7.05 Å². The quantitative estimate of drug-likeness (QED) is 0.685. The molecule has 0 radical (unpaired) electrons. The van der Waals surface area contributed by atoms with Crippen LogP contribution in [0.1, 0.15) is 0 Å². The smallest absolute Gasteiger partial charge is 0.147 e. The number of fused-ring (bicyclic) bond motifs is 3. The minimum Gasteiger partial charge on any atom is -0.382 e. The molecular weight excluding hydrogens is 266 g/mol. The highest BCUT2D eigenvalue weighted by atomic mass is 79.9. The molecule has 3 nitrogen and oxygen atoms in total. The van der Waals surface area contributed by atoms with Crippen LogP contribution in [0.5, 0.6) is 0 Å². The second kappa shape index (κ2) is 3.22. The van der Waals surface area contributed by atoms with Gasteiger partial charge in [0.1, 0.15) is 5.82 Å². The van der Waals surface area contributed by atoms with Crippen LogP contribution >= 0.6 is 15.9 Å². The van der Waals surface area contributed by atoms with Crippen molar-refractivity contribution >= 4 is 43.6 Å². The average Bonchev–Trinajstić information content (AvgIpc) is 2.54. The second-order valence-corrected chi connectivity index (χ2v) is 4.73. The van der Waals surface area contributed by atoms with Crippen molar-refractivity contribution in [2.75, 3.05) is 5.73 Å². The average molecular weight is 276 g/mol. The van der Waals surface area contributed by atoms with E-state index in [0.717, 1.165) is 20.9 Å². The zero-order valence-corrected chi connectivity index (χ0v) is 10.3. The molecule has 0 atom stereocenters. The summed E-state index contributed by atoms with van der Waals surface area (Å²) in [5.74, 6) is 0.576. The summed E-state index contributed by atoms with van der Waals surface area (Å²) in [4.78, 5) is 4.13. The summed E-state index contributed by atoms with van der Waals surface area (Å²) in [5.41, 5.74) is 8.08. The first-order chi connectivity index (χ1) is 7.68. The number of aromatic nitrogens is 2. The molecule has 0 unspecified atom stereocenters. The number of aryl methyl sites for hydroxylation is 1. The summed E-state index contributed by atoms with van der Waals surface area (Å²) < 4.78 is 3.15. The van der Waals surface area contributed by atoms with E-state index in [0.29, 0.717) is 5.82 Å². The number of rotatable bonds is 0. The van der Waals surface area contributed by atoms with E-state index in [9.17, 15) is 0 Å². The minimum absolute atomic E-state index is 0.576. The summed E-state index contributed by atoms with van der Waals surface area (Å²) in [6.07, 6.45) is 1.75. The van der Waals surface area contributed by atoms with Crippen LogP contribution in [0.15, 0.2) is 34.9 Å². The number of nitrogen functional groups attached to an aromatic ring is 1. The molecule has 1 aromatic carbocycles. The first-order valence-corrected chi connectivity index (χ1v) is 5.76. The highest BCUT2D eigenvalue weighted by molar-refractivity contribution is 9.10. The maximum absolute atomic E-state index is 5.92. The Kier molecular flexibility index (Phi) is 1.94. The van der Waals surface area contributed by atoms with Gasteiger partial charge in [0.2, 0.25) is 0 Å². The molecule has 0 saturated heterocycles. The number of nitrogens with zero attached hydrogens (tertiary/aromatic N) is 2. The zero-order chi connectivity index (χ0) is 11.3. The summed E-state index contributed by atoms with van der Waals surface area (Å²) >= 11 is 3.49. The van der Waals surface area contributed by atoms with Gasteiger partial charge in [-0.25, -0.2) is 4.98 Å². The fraction of sp³-hybridized carbons (Fsp3) is 0.0833. The minimum atomic E-state index is 0.576. The fourth-order valence-electron chi connectivity index (χ4n) is 2.18. The van der Waals surface area contributed by atoms with E-state index in [-0.39, 0.29) is 0 Å². The van der Waals surface area contributed by atoms with E-state index in [1.54, 1.807) is 6.20 Å². The molecule has 3 rings (SSSR count). The fourth-order valence-corrected chi connectivity index (χ4v) is 2.54. The molecule has 4 heteroatoms. The van der Waals surface area contributed by atoms with Gasteiger partial charge in [-0.3, -0.25) is 0 Å². The van der Waals surface area contributed by atoms with Crippen molar-refractivity contribution in [3.8, 4) is 0 Å². The van der Waals surface area contributed by atoms with Crippen LogP contribution in [0.25, 0.3) is 21.8 Å². The lowest BCUT2D eigenvalue weighted by Crippen LogP contribution is -1.95. The predicted octanol–water partition coefficient (Wildman–Crippen LogP) is 3.07. The SMILES string of the molecule is Cn1c2ccc(Br)cc2c2ccnc(N)c21. The van der Waals surface area contributed by atoms with Gasteiger partial charge in [0.05, 0.1) is 5.52 Å². The molecule has 0 saturated carbocycles. The number of hydrogen-bond acceptors (Lipinski definition) is 2. The van der Waals surface area contributed by atoms with Crippen molar-refractivity contribution in [3.63, 3.8) is 0 Å². The Morgan fingerprint density at radius 2 is 2.06 bits per heavy atom. The Morgan fingerprint density at radius 1 is 1.25 bits per heavy atom. The van der Waals surface area contributed by atoms with Crippen LogP contribution < -0.4 is 5.73 Å². The van der Waals surface area contributed by atoms with Crippen LogP contribution in [-0.4, -0.2) is 9.55 Å². The third kappa shape index (κ3) is 1.16. The molecule has 2 N–H and O–H groups in total. The molecule has 0 aliphatic rings. The number of nitrogens with two attached hydrogens (primary N) is 1. The number of halogens is 1. The van der Waals surface area contributed by atoms with E-state index in [1.807, 2.05) is 19.2 Å². The molecule has 3 aromatic rings. The molecule has 0 aliphatic heterocycles. The highest BCUT2D eigenvalue weighted by Gasteiger charge is 2.10. The van der Waals surface area contributed by atoms with Gasteiger partial charge in [-0.1, -0.05) is 15.9 Å². The zero-order valence-electron chi connectivity index (χ0n) is 8.74. The van der Waals surface area contributed by atoms with Gasteiger partial charge in [-0.15, -0.1) is 0 Å². The van der Waals surface area contributed by atoms with Gasteiger partial charge in [0, 0.05) is 34.0 Å². The maximum Gasteiger partial charge on any atom is 0.147 e. The molecule has 2 aromatic heterocycles. The van der Waals surface area contributed by atoms with Gasteiger partial charge >= 0.3 is 0 Å². The van der Waals surface area contributed by atoms with Gasteiger partial charge in [0.25, 0.3) is 0 Å². The number of benzene rings is 1. The van der Waals surface area contributed by atoms with Gasteiger partial charge in [0.15, 0.2) is 0 Å². The summed E-state index contributed by atoms with van der Waals surface area (Å²) in [6.45, 7) is 0. The number of hydrogen-bond donors (Lipinski definition) is 1. The Bertz CT molecular complexity index is 700. The van der Waals surface area contributed by atoms with Gasteiger partial charge in [-0.2, -0.15) is 0 Å². The molecule has 0 amide bonds. The van der Waals surface area contributed by atoms with Crippen molar-refractivity contribution < 1.29 is 0 Å². The van der Waals surface area contributed by atoms with E-state index >= 15 is 0 Å². The Morgan fingerprint density at radius 3 is 2.88 bits per heavy atom. The second-order valence-electron chi connectivity index (χ2n) is 3.81. The largest absolute Gasteiger partial charge is 0.382 e. The predicted molar refractivity (Wildman–Crippen MR) is 70.3 cm³/mol. The summed E-state index contributed by atoms with van der Waals surface area (Å²) in [7, 11) is 2.01. The van der Waals surface area contributed by atoms with Crippen molar-refractivity contribution in [2.45, 2.75) is 0 Å². The Labute approximate surface area is 101 Å². The van der Waals surface area contributed by atoms with E-state index in [2.05, 4.69) is 37.6 Å². The molecule has 80 valence electrons. The maximum atomic E-state index is 5.92. The molecule has 2 heterocycles. The number of pyridine rings is 1. The third-order valence-corrected chi connectivity index (χ3v) is 3.39. The lowest BCUT2D eigenvalue weighted by Gasteiger charge is -1.99. The Balaban J connectivity index is 2.65. The molecule has 0 spiro atoms. The van der Waals surface area contributed by atoms with Crippen molar-refractivity contribution in [1.82, 2.24) is 9.55 Å². The standard InChI is InChI=1S/C12H10BrN3/c1-16-10-3-2-7(13)6-9(10)8-4-5-15-12(14)11(8)16/h2-6H,1H3,(H2,14,15). The van der Waals surface area contributed by atoms with Crippen molar-refractivity contribution in [3.05, 3.63) is 34.9 Å². The van der Waals surface area contributed by atoms with Crippen LogP contribution in [0.2, 0.25) is 0 Å².